The van der Waals surface area contributed by atoms with Gasteiger partial charge in [-0.3, -0.25) is 0 Å². The highest BCUT2D eigenvalue weighted by Gasteiger charge is 2.39. The first kappa shape index (κ1) is 12.1. The van der Waals surface area contributed by atoms with Gasteiger partial charge in [0, 0.05) is 32.0 Å². The van der Waals surface area contributed by atoms with Crippen molar-refractivity contribution in [1.29, 1.82) is 0 Å². The molecule has 0 spiro atoms. The summed E-state index contributed by atoms with van der Waals surface area (Å²) in [7, 11) is 1.80. The van der Waals surface area contributed by atoms with Crippen molar-refractivity contribution in [1.82, 2.24) is 15.3 Å². The second-order valence-electron chi connectivity index (χ2n) is 5.67. The second-order valence-corrected chi connectivity index (χ2v) is 5.67. The molecule has 2 atom stereocenters. The molecule has 0 saturated heterocycles. The van der Waals surface area contributed by atoms with Crippen molar-refractivity contribution in [2.75, 3.05) is 7.11 Å². The number of rotatable bonds is 2. The summed E-state index contributed by atoms with van der Waals surface area (Å²) in [6.45, 7) is 4.05. The molecule has 1 fully saturated rings. The predicted octanol–water partition coefficient (Wildman–Crippen LogP) is 2.13. The number of nitrogens with one attached hydrogen (secondary N) is 1. The second kappa shape index (κ2) is 4.59. The number of hydrogen-bond acceptors (Lipinski definition) is 4. The lowest BCUT2D eigenvalue weighted by Crippen LogP contribution is -2.36. The van der Waals surface area contributed by atoms with Crippen LogP contribution in [0.25, 0.3) is 0 Å². The van der Waals surface area contributed by atoms with Crippen LogP contribution in [-0.4, -0.2) is 17.1 Å². The van der Waals surface area contributed by atoms with Gasteiger partial charge in [-0.2, -0.15) is 0 Å². The zero-order valence-corrected chi connectivity index (χ0v) is 11.2. The first-order valence-electron chi connectivity index (χ1n) is 6.85. The monoisotopic (exact) mass is 247 g/mol. The fraction of sp³-hybridized carbons (Fsp3) is 0.714. The smallest absolute Gasteiger partial charge is 0.160 e. The lowest BCUT2D eigenvalue weighted by molar-refractivity contribution is -0.0647. The summed E-state index contributed by atoms with van der Waals surface area (Å²) in [6.07, 6.45) is 6.54. The van der Waals surface area contributed by atoms with Crippen LogP contribution in [0.3, 0.4) is 0 Å². The third-order valence-electron chi connectivity index (χ3n) is 4.32. The molecule has 3 rings (SSSR count). The zero-order chi connectivity index (χ0) is 12.6. The van der Waals surface area contributed by atoms with Crippen molar-refractivity contribution >= 4 is 0 Å². The predicted molar refractivity (Wildman–Crippen MR) is 68.9 cm³/mol. The summed E-state index contributed by atoms with van der Waals surface area (Å²) in [4.78, 5) is 9.33. The maximum atomic E-state index is 5.85. The molecule has 0 aromatic carbocycles. The van der Waals surface area contributed by atoms with E-state index < -0.39 is 0 Å². The van der Waals surface area contributed by atoms with E-state index in [0.717, 1.165) is 37.4 Å². The molecule has 4 heteroatoms. The molecule has 1 aromatic rings. The summed E-state index contributed by atoms with van der Waals surface area (Å²) < 4.78 is 5.85. The molecule has 0 bridgehead atoms. The summed E-state index contributed by atoms with van der Waals surface area (Å²) in [5.41, 5.74) is 2.12. The Bertz CT molecular complexity index is 449. The Labute approximate surface area is 108 Å². The molecule has 0 amide bonds. The van der Waals surface area contributed by atoms with Crippen molar-refractivity contribution < 1.29 is 4.74 Å². The summed E-state index contributed by atoms with van der Waals surface area (Å²) in [6, 6.07) is 0. The van der Waals surface area contributed by atoms with Gasteiger partial charge in [-0.25, -0.2) is 9.97 Å². The molecule has 1 aromatic heterocycles. The molecule has 2 aliphatic rings. The maximum Gasteiger partial charge on any atom is 0.160 e. The van der Waals surface area contributed by atoms with Crippen LogP contribution in [0.15, 0.2) is 6.20 Å². The van der Waals surface area contributed by atoms with Crippen LogP contribution in [-0.2, 0) is 23.4 Å². The third-order valence-corrected chi connectivity index (χ3v) is 4.32. The van der Waals surface area contributed by atoms with E-state index in [1.54, 1.807) is 7.11 Å². The Morgan fingerprint density at radius 2 is 2.33 bits per heavy atom. The zero-order valence-electron chi connectivity index (χ0n) is 11.2. The van der Waals surface area contributed by atoms with Crippen molar-refractivity contribution in [3.63, 3.8) is 0 Å². The van der Waals surface area contributed by atoms with Crippen LogP contribution in [0.2, 0.25) is 0 Å². The first-order chi connectivity index (χ1) is 8.73. The number of fused-ring (bicyclic) bond motifs is 1. The minimum Gasteiger partial charge on any atom is -0.370 e. The number of methoxy groups -OCH3 is 1. The van der Waals surface area contributed by atoms with Crippen molar-refractivity contribution in [3.8, 4) is 0 Å². The number of ether oxygens (including phenoxy) is 1. The highest BCUT2D eigenvalue weighted by molar-refractivity contribution is 5.23. The molecule has 2 heterocycles. The van der Waals surface area contributed by atoms with Gasteiger partial charge < -0.3 is 10.1 Å². The van der Waals surface area contributed by atoms with Gasteiger partial charge in [-0.15, -0.1) is 0 Å². The van der Waals surface area contributed by atoms with Gasteiger partial charge in [0.2, 0.25) is 0 Å². The molecule has 1 aliphatic heterocycles. The molecule has 1 aliphatic carbocycles. The van der Waals surface area contributed by atoms with Gasteiger partial charge in [0.25, 0.3) is 0 Å². The summed E-state index contributed by atoms with van der Waals surface area (Å²) in [5, 5.41) is 3.31. The van der Waals surface area contributed by atoms with E-state index in [-0.39, 0.29) is 5.60 Å². The average Bonchev–Trinajstić information content (AvgIpc) is 2.85. The van der Waals surface area contributed by atoms with Crippen LogP contribution in [0.4, 0.5) is 0 Å². The Kier molecular flexibility index (Phi) is 3.08. The average molecular weight is 247 g/mol. The van der Waals surface area contributed by atoms with Crippen molar-refractivity contribution in [3.05, 3.63) is 23.3 Å². The van der Waals surface area contributed by atoms with Gasteiger partial charge in [0.15, 0.2) is 5.82 Å². The van der Waals surface area contributed by atoms with Crippen molar-refractivity contribution in [2.45, 2.75) is 51.3 Å². The number of nitrogens with zero attached hydrogens (tertiary/aromatic N) is 2. The number of hydrogen-bond donors (Lipinski definition) is 1. The molecule has 2 unspecified atom stereocenters. The molecule has 4 nitrogen and oxygen atoms in total. The van der Waals surface area contributed by atoms with Crippen molar-refractivity contribution in [2.24, 2.45) is 5.92 Å². The molecule has 0 radical (unpaired) electrons. The minimum absolute atomic E-state index is 0.255. The van der Waals surface area contributed by atoms with E-state index in [1.165, 1.54) is 18.4 Å². The molecule has 98 valence electrons. The lowest BCUT2D eigenvalue weighted by Gasteiger charge is -2.37. The Balaban J connectivity index is 1.96. The fourth-order valence-corrected chi connectivity index (χ4v) is 3.26. The van der Waals surface area contributed by atoms with Gasteiger partial charge in [-0.05, 0) is 25.2 Å². The standard InChI is InChI=1S/C14H21N3O/c1-10-4-3-5-14(6-10,18-2)13-16-8-11-7-15-9-12(11)17-13/h8,10,15H,3-7,9H2,1-2H3. The molecular weight excluding hydrogens is 226 g/mol. The quantitative estimate of drug-likeness (QED) is 0.869. The molecule has 18 heavy (non-hydrogen) atoms. The summed E-state index contributed by atoms with van der Waals surface area (Å²) in [5.74, 6) is 1.58. The highest BCUT2D eigenvalue weighted by Crippen LogP contribution is 2.41. The van der Waals surface area contributed by atoms with E-state index in [1.807, 2.05) is 6.20 Å². The SMILES string of the molecule is COC1(c2ncc3c(n2)CNC3)CCCC(C)C1. The highest BCUT2D eigenvalue weighted by atomic mass is 16.5. The Morgan fingerprint density at radius 3 is 3.11 bits per heavy atom. The topological polar surface area (TPSA) is 47.0 Å². The van der Waals surface area contributed by atoms with E-state index >= 15 is 0 Å². The maximum absolute atomic E-state index is 5.85. The molecular formula is C14H21N3O. The van der Waals surface area contributed by atoms with Gasteiger partial charge in [-0.1, -0.05) is 13.3 Å². The van der Waals surface area contributed by atoms with E-state index in [0.29, 0.717) is 5.92 Å². The van der Waals surface area contributed by atoms with Gasteiger partial charge in [0.05, 0.1) is 5.69 Å². The lowest BCUT2D eigenvalue weighted by atomic mass is 9.78. The third kappa shape index (κ3) is 1.93. The van der Waals surface area contributed by atoms with Crippen LogP contribution in [0.1, 0.15) is 49.7 Å². The van der Waals surface area contributed by atoms with Crippen LogP contribution >= 0.6 is 0 Å². The largest absolute Gasteiger partial charge is 0.370 e. The first-order valence-corrected chi connectivity index (χ1v) is 6.85. The Morgan fingerprint density at radius 1 is 1.44 bits per heavy atom. The minimum atomic E-state index is -0.255. The molecule has 1 N–H and O–H groups in total. The van der Waals surface area contributed by atoms with E-state index in [9.17, 15) is 0 Å². The number of aromatic nitrogens is 2. The van der Waals surface area contributed by atoms with Crippen LogP contribution < -0.4 is 5.32 Å². The Hall–Kier alpha value is -1.00. The van der Waals surface area contributed by atoms with E-state index in [4.69, 9.17) is 9.72 Å². The summed E-state index contributed by atoms with van der Waals surface area (Å²) >= 11 is 0. The molecule has 1 saturated carbocycles. The van der Waals surface area contributed by atoms with Gasteiger partial charge in [0.1, 0.15) is 5.60 Å². The normalized spacial score (nSPS) is 31.3. The van der Waals surface area contributed by atoms with Crippen LogP contribution in [0, 0.1) is 5.92 Å². The fourth-order valence-electron chi connectivity index (χ4n) is 3.26. The van der Waals surface area contributed by atoms with Gasteiger partial charge >= 0.3 is 0 Å². The van der Waals surface area contributed by atoms with E-state index in [2.05, 4.69) is 17.2 Å². The van der Waals surface area contributed by atoms with Crippen LogP contribution in [0.5, 0.6) is 0 Å².